The third-order valence-corrected chi connectivity index (χ3v) is 3.55. The summed E-state index contributed by atoms with van der Waals surface area (Å²) in [5.41, 5.74) is 2.08. The second-order valence-corrected chi connectivity index (χ2v) is 6.10. The van der Waals surface area contributed by atoms with E-state index in [-0.39, 0.29) is 11.5 Å². The Hall–Kier alpha value is -1.29. The van der Waals surface area contributed by atoms with Gasteiger partial charge < -0.3 is 5.32 Å². The Labute approximate surface area is 119 Å². The fourth-order valence-electron chi connectivity index (χ4n) is 1.84. The summed E-state index contributed by atoms with van der Waals surface area (Å²) < 4.78 is 1.87. The van der Waals surface area contributed by atoms with Crippen LogP contribution >= 0.6 is 11.6 Å². The minimum Gasteiger partial charge on any atom is -0.364 e. The molecule has 4 nitrogen and oxygen atoms in total. The second kappa shape index (κ2) is 5.37. The third-order valence-electron chi connectivity index (χ3n) is 3.18. The van der Waals surface area contributed by atoms with Gasteiger partial charge in [-0.2, -0.15) is 5.10 Å². The molecule has 0 aromatic carbocycles. The van der Waals surface area contributed by atoms with Gasteiger partial charge in [0.2, 0.25) is 0 Å². The minimum atomic E-state index is 0.0277. The zero-order valence-corrected chi connectivity index (χ0v) is 12.7. The highest BCUT2D eigenvalue weighted by molar-refractivity contribution is 6.18. The first-order valence-corrected chi connectivity index (χ1v) is 7.16. The van der Waals surface area contributed by atoms with Gasteiger partial charge in [-0.05, 0) is 12.5 Å². The summed E-state index contributed by atoms with van der Waals surface area (Å²) in [7, 11) is 0. The lowest BCUT2D eigenvalue weighted by atomic mass is 9.92. The Bertz CT molecular complexity index is 552. The van der Waals surface area contributed by atoms with Gasteiger partial charge in [-0.25, -0.2) is 9.50 Å². The average molecular weight is 281 g/mol. The largest absolute Gasteiger partial charge is 0.364 e. The zero-order chi connectivity index (χ0) is 14.0. The highest BCUT2D eigenvalue weighted by Crippen LogP contribution is 2.25. The van der Waals surface area contributed by atoms with Gasteiger partial charge in [-0.15, -0.1) is 11.6 Å². The van der Waals surface area contributed by atoms with E-state index in [4.69, 9.17) is 11.6 Å². The molecular formula is C14H21ClN4. The van der Waals surface area contributed by atoms with Crippen LogP contribution in [-0.2, 0) is 5.41 Å². The lowest BCUT2D eigenvalue weighted by Crippen LogP contribution is -2.21. The predicted octanol–water partition coefficient (Wildman–Crippen LogP) is 3.46. The molecule has 104 valence electrons. The van der Waals surface area contributed by atoms with Crippen LogP contribution in [0.4, 0.5) is 5.82 Å². The van der Waals surface area contributed by atoms with Crippen molar-refractivity contribution in [3.05, 3.63) is 24.2 Å². The SMILES string of the molecule is CCC(CCl)Nc1nccn2nc(C(C)(C)C)cc12. The van der Waals surface area contributed by atoms with E-state index in [1.54, 1.807) is 6.20 Å². The maximum atomic E-state index is 5.93. The molecule has 0 bridgehead atoms. The van der Waals surface area contributed by atoms with Crippen molar-refractivity contribution >= 4 is 22.9 Å². The van der Waals surface area contributed by atoms with Crippen LogP contribution in [0.1, 0.15) is 39.8 Å². The summed E-state index contributed by atoms with van der Waals surface area (Å²) in [6, 6.07) is 2.32. The van der Waals surface area contributed by atoms with Gasteiger partial charge in [0, 0.05) is 29.7 Å². The van der Waals surface area contributed by atoms with Crippen molar-refractivity contribution in [3.63, 3.8) is 0 Å². The molecule has 0 amide bonds. The molecule has 0 radical (unpaired) electrons. The van der Waals surface area contributed by atoms with E-state index in [9.17, 15) is 0 Å². The van der Waals surface area contributed by atoms with Crippen LogP contribution < -0.4 is 5.32 Å². The molecule has 2 aromatic rings. The predicted molar refractivity (Wildman–Crippen MR) is 80.1 cm³/mol. The van der Waals surface area contributed by atoms with E-state index in [0.717, 1.165) is 23.4 Å². The molecule has 0 fully saturated rings. The number of anilines is 1. The Kier molecular flexibility index (Phi) is 3.99. The van der Waals surface area contributed by atoms with Gasteiger partial charge in [0.05, 0.1) is 5.69 Å². The average Bonchev–Trinajstić information content (AvgIpc) is 2.80. The van der Waals surface area contributed by atoms with Crippen LogP contribution in [0.2, 0.25) is 0 Å². The fraction of sp³-hybridized carbons (Fsp3) is 0.571. The lowest BCUT2D eigenvalue weighted by molar-refractivity contribution is 0.562. The fourth-order valence-corrected chi connectivity index (χ4v) is 2.14. The number of aromatic nitrogens is 3. The van der Waals surface area contributed by atoms with Crippen molar-refractivity contribution in [1.82, 2.24) is 14.6 Å². The Morgan fingerprint density at radius 1 is 1.42 bits per heavy atom. The van der Waals surface area contributed by atoms with E-state index in [0.29, 0.717) is 5.88 Å². The smallest absolute Gasteiger partial charge is 0.152 e. The first-order chi connectivity index (χ1) is 8.95. The number of alkyl halides is 1. The molecule has 1 N–H and O–H groups in total. The maximum absolute atomic E-state index is 5.93. The standard InChI is InChI=1S/C14H21ClN4/c1-5-10(9-15)17-13-11-8-12(14(2,3)4)18-19(11)7-6-16-13/h6-8,10H,5,9H2,1-4H3,(H,16,17). The molecule has 0 aliphatic carbocycles. The molecular weight excluding hydrogens is 260 g/mol. The number of nitrogens with zero attached hydrogens (tertiary/aromatic N) is 3. The highest BCUT2D eigenvalue weighted by Gasteiger charge is 2.19. The van der Waals surface area contributed by atoms with Crippen molar-refractivity contribution in [2.75, 3.05) is 11.2 Å². The number of hydrogen-bond donors (Lipinski definition) is 1. The summed E-state index contributed by atoms with van der Waals surface area (Å²) in [5.74, 6) is 1.41. The first-order valence-electron chi connectivity index (χ1n) is 6.63. The van der Waals surface area contributed by atoms with Gasteiger partial charge in [0.25, 0.3) is 0 Å². The van der Waals surface area contributed by atoms with E-state index in [2.05, 4.69) is 49.2 Å². The van der Waals surface area contributed by atoms with Crippen LogP contribution in [-0.4, -0.2) is 26.5 Å². The zero-order valence-electron chi connectivity index (χ0n) is 11.9. The number of rotatable bonds is 4. The summed E-state index contributed by atoms with van der Waals surface area (Å²) in [5, 5.41) is 7.99. The van der Waals surface area contributed by atoms with Crippen LogP contribution in [0.3, 0.4) is 0 Å². The molecule has 0 spiro atoms. The van der Waals surface area contributed by atoms with Gasteiger partial charge in [0.1, 0.15) is 5.52 Å². The highest BCUT2D eigenvalue weighted by atomic mass is 35.5. The molecule has 0 saturated heterocycles. The van der Waals surface area contributed by atoms with Crippen LogP contribution in [0.5, 0.6) is 0 Å². The van der Waals surface area contributed by atoms with Crippen molar-refractivity contribution in [2.24, 2.45) is 0 Å². The molecule has 2 aromatic heterocycles. The maximum Gasteiger partial charge on any atom is 0.152 e. The Balaban J connectivity index is 2.42. The second-order valence-electron chi connectivity index (χ2n) is 5.79. The van der Waals surface area contributed by atoms with Crippen LogP contribution in [0, 0.1) is 0 Å². The van der Waals surface area contributed by atoms with E-state index >= 15 is 0 Å². The molecule has 0 saturated carbocycles. The summed E-state index contributed by atoms with van der Waals surface area (Å²) >= 11 is 5.93. The van der Waals surface area contributed by atoms with Gasteiger partial charge in [-0.1, -0.05) is 27.7 Å². The molecule has 1 atom stereocenters. The van der Waals surface area contributed by atoms with E-state index in [1.807, 2.05) is 10.7 Å². The Morgan fingerprint density at radius 3 is 2.74 bits per heavy atom. The molecule has 5 heteroatoms. The van der Waals surface area contributed by atoms with Gasteiger partial charge in [-0.3, -0.25) is 0 Å². The minimum absolute atomic E-state index is 0.0277. The molecule has 0 aliphatic rings. The topological polar surface area (TPSA) is 42.2 Å². The normalized spacial score (nSPS) is 13.7. The summed E-state index contributed by atoms with van der Waals surface area (Å²) in [6.45, 7) is 8.58. The van der Waals surface area contributed by atoms with Crippen molar-refractivity contribution in [1.29, 1.82) is 0 Å². The number of fused-ring (bicyclic) bond motifs is 1. The summed E-state index contributed by atoms with van der Waals surface area (Å²) in [4.78, 5) is 4.41. The molecule has 1 unspecified atom stereocenters. The third kappa shape index (κ3) is 3.00. The van der Waals surface area contributed by atoms with E-state index in [1.165, 1.54) is 0 Å². The van der Waals surface area contributed by atoms with Crippen molar-refractivity contribution in [3.8, 4) is 0 Å². The van der Waals surface area contributed by atoms with Crippen molar-refractivity contribution in [2.45, 2.75) is 45.6 Å². The number of nitrogens with one attached hydrogen (secondary N) is 1. The van der Waals surface area contributed by atoms with Crippen molar-refractivity contribution < 1.29 is 0 Å². The van der Waals surface area contributed by atoms with Crippen LogP contribution in [0.15, 0.2) is 18.5 Å². The molecule has 2 heterocycles. The first kappa shape index (κ1) is 14.1. The quantitative estimate of drug-likeness (QED) is 0.872. The molecule has 2 rings (SSSR count). The molecule has 0 aliphatic heterocycles. The lowest BCUT2D eigenvalue weighted by Gasteiger charge is -2.14. The van der Waals surface area contributed by atoms with Gasteiger partial charge >= 0.3 is 0 Å². The number of hydrogen-bond acceptors (Lipinski definition) is 3. The van der Waals surface area contributed by atoms with E-state index < -0.39 is 0 Å². The monoisotopic (exact) mass is 280 g/mol. The summed E-state index contributed by atoms with van der Waals surface area (Å²) in [6.07, 6.45) is 4.60. The molecule has 19 heavy (non-hydrogen) atoms. The van der Waals surface area contributed by atoms with Crippen LogP contribution in [0.25, 0.3) is 5.52 Å². The number of halogens is 1. The Morgan fingerprint density at radius 2 is 2.16 bits per heavy atom. The van der Waals surface area contributed by atoms with Gasteiger partial charge in [0.15, 0.2) is 5.82 Å².